The van der Waals surface area contributed by atoms with Crippen molar-refractivity contribution in [1.29, 1.82) is 0 Å². The third-order valence-electron chi connectivity index (χ3n) is 1.05. The van der Waals surface area contributed by atoms with Crippen molar-refractivity contribution in [2.24, 2.45) is 0 Å². The Kier molecular flexibility index (Phi) is 15.5. The van der Waals surface area contributed by atoms with Crippen LogP contribution in [-0.4, -0.2) is 22.3 Å². The van der Waals surface area contributed by atoms with E-state index < -0.39 is 5.97 Å². The van der Waals surface area contributed by atoms with Crippen LogP contribution in [0, 0.1) is 0 Å². The summed E-state index contributed by atoms with van der Waals surface area (Å²) in [6, 6.07) is 0. The van der Waals surface area contributed by atoms with Crippen LogP contribution < -0.4 is 0 Å². The molecule has 0 aromatic carbocycles. The first-order valence-corrected chi connectivity index (χ1v) is 5.67. The van der Waals surface area contributed by atoms with E-state index in [-0.39, 0.29) is 5.38 Å². The van der Waals surface area contributed by atoms with Crippen LogP contribution in [0.15, 0.2) is 0 Å². The minimum atomic E-state index is -0.833. The second-order valence-electron chi connectivity index (χ2n) is 2.44. The van der Waals surface area contributed by atoms with Gasteiger partial charge in [0.1, 0.15) is 0 Å². The number of alkyl halides is 2. The number of aliphatic carboxylic acids is 1. The summed E-state index contributed by atoms with van der Waals surface area (Å²) < 4.78 is 0. The molecule has 1 atom stereocenters. The average Bonchev–Trinajstić information content (AvgIpc) is 2.03. The van der Waals surface area contributed by atoms with Crippen molar-refractivity contribution in [3.8, 4) is 0 Å². The molecule has 0 bridgehead atoms. The van der Waals surface area contributed by atoms with Crippen LogP contribution in [0.4, 0.5) is 0 Å². The van der Waals surface area contributed by atoms with Crippen molar-refractivity contribution >= 4 is 29.2 Å². The van der Waals surface area contributed by atoms with Crippen LogP contribution in [0.1, 0.15) is 26.2 Å². The van der Waals surface area contributed by atoms with E-state index in [2.05, 4.69) is 15.7 Å². The first kappa shape index (κ1) is 16.0. The van der Waals surface area contributed by atoms with Crippen molar-refractivity contribution in [1.82, 2.24) is 0 Å². The second kappa shape index (κ2) is 12.6. The van der Waals surface area contributed by atoms with Crippen LogP contribution in [0.5, 0.6) is 0 Å². The third-order valence-corrected chi connectivity index (χ3v) is 2.42. The molecule has 0 fully saturated rings. The summed E-state index contributed by atoms with van der Waals surface area (Å²) in [4.78, 5) is 9.00. The van der Waals surface area contributed by atoms with Crippen LogP contribution >= 0.6 is 23.2 Å². The Morgan fingerprint density at radius 2 is 2.00 bits per heavy atom. The van der Waals surface area contributed by atoms with Gasteiger partial charge in [-0.15, -0.1) is 0 Å². The van der Waals surface area contributed by atoms with Gasteiger partial charge < -0.3 is 5.11 Å². The van der Waals surface area contributed by atoms with E-state index in [0.717, 1.165) is 37.4 Å². The molecular weight excluding hydrogens is 258 g/mol. The van der Waals surface area contributed by atoms with Crippen LogP contribution in [0.3, 0.4) is 0 Å². The normalized spacial score (nSPS) is 11.5. The van der Waals surface area contributed by atoms with Crippen molar-refractivity contribution in [3.05, 3.63) is 0 Å². The molecular formula is C8H15Cl2CoO2. The summed E-state index contributed by atoms with van der Waals surface area (Å²) >= 11 is 15.3. The molecule has 0 amide bonds. The predicted molar refractivity (Wildman–Crippen MR) is 52.3 cm³/mol. The van der Waals surface area contributed by atoms with E-state index in [4.69, 9.17) is 33.1 Å². The van der Waals surface area contributed by atoms with Gasteiger partial charge in [-0.3, -0.25) is 4.79 Å². The first-order valence-electron chi connectivity index (χ1n) is 3.97. The van der Waals surface area contributed by atoms with Gasteiger partial charge in [0.25, 0.3) is 5.97 Å². The molecule has 0 radical (unpaired) electrons. The molecule has 0 aromatic rings. The fraction of sp³-hybridized carbons (Fsp3) is 0.875. The van der Waals surface area contributed by atoms with Crippen molar-refractivity contribution < 1.29 is 25.6 Å². The molecule has 2 nitrogen and oxygen atoms in total. The number of carboxylic acids is 1. The van der Waals surface area contributed by atoms with Crippen molar-refractivity contribution in [2.75, 3.05) is 5.88 Å². The SMILES string of the molecule is CC(=O)O.ClCCCCC(Cl)[CH2][Co]. The molecule has 0 rings (SSSR count). The molecule has 1 N–H and O–H groups in total. The van der Waals surface area contributed by atoms with E-state index in [0.29, 0.717) is 0 Å². The quantitative estimate of drug-likeness (QED) is 0.617. The van der Waals surface area contributed by atoms with Gasteiger partial charge in [0.2, 0.25) is 0 Å². The Morgan fingerprint density at radius 1 is 1.54 bits per heavy atom. The molecule has 1 unspecified atom stereocenters. The topological polar surface area (TPSA) is 37.3 Å². The maximum atomic E-state index is 9.00. The van der Waals surface area contributed by atoms with Gasteiger partial charge in [0.15, 0.2) is 0 Å². The zero-order valence-electron chi connectivity index (χ0n) is 7.56. The van der Waals surface area contributed by atoms with Gasteiger partial charge >= 0.3 is 74.8 Å². The Bertz CT molecular complexity index is 119. The molecule has 0 spiro atoms. The van der Waals surface area contributed by atoms with Gasteiger partial charge in [-0.2, -0.15) is 0 Å². The average molecular weight is 273 g/mol. The predicted octanol–water partition coefficient (Wildman–Crippen LogP) is 3.06. The molecule has 0 saturated heterocycles. The first-order chi connectivity index (χ1) is 6.04. The molecule has 0 aliphatic rings. The zero-order chi connectivity index (χ0) is 10.7. The minimum absolute atomic E-state index is 0.230. The van der Waals surface area contributed by atoms with Gasteiger partial charge in [-0.1, -0.05) is 0 Å². The molecule has 0 aliphatic carbocycles. The number of carboxylic acid groups (broad SMARTS) is 1. The molecule has 13 heavy (non-hydrogen) atoms. The Balaban J connectivity index is 0. The summed E-state index contributed by atoms with van der Waals surface area (Å²) in [5.41, 5.74) is 0. The summed E-state index contributed by atoms with van der Waals surface area (Å²) in [6.07, 6.45) is 3.23. The number of carbonyl (C=O) groups is 1. The van der Waals surface area contributed by atoms with Crippen LogP contribution in [-0.2, 0) is 20.5 Å². The van der Waals surface area contributed by atoms with E-state index in [1.807, 2.05) is 0 Å². The van der Waals surface area contributed by atoms with E-state index in [9.17, 15) is 0 Å². The van der Waals surface area contributed by atoms with Gasteiger partial charge in [0, 0.05) is 6.92 Å². The number of unbranched alkanes of at least 4 members (excludes halogenated alkanes) is 1. The van der Waals surface area contributed by atoms with Gasteiger partial charge in [-0.05, 0) is 0 Å². The molecule has 0 aromatic heterocycles. The summed E-state index contributed by atoms with van der Waals surface area (Å²) in [7, 11) is 0. The Morgan fingerprint density at radius 3 is 2.31 bits per heavy atom. The van der Waals surface area contributed by atoms with Crippen molar-refractivity contribution in [2.45, 2.75) is 36.9 Å². The summed E-state index contributed by atoms with van der Waals surface area (Å²) in [6.45, 7) is 1.08. The fourth-order valence-electron chi connectivity index (χ4n) is 0.528. The van der Waals surface area contributed by atoms with Crippen molar-refractivity contribution in [3.63, 3.8) is 0 Å². The van der Waals surface area contributed by atoms with Crippen LogP contribution in [0.25, 0.3) is 0 Å². The van der Waals surface area contributed by atoms with E-state index >= 15 is 0 Å². The van der Waals surface area contributed by atoms with Crippen LogP contribution in [0.2, 0.25) is 5.36 Å². The van der Waals surface area contributed by atoms with Gasteiger partial charge in [-0.25, -0.2) is 0 Å². The standard InChI is InChI=1S/C6H11Cl2.C2H4O2.Co/c1-6(8)4-2-3-5-7;1-2(3)4;/h6H,1-5H2;1H3,(H,3,4);. The molecule has 5 heteroatoms. The van der Waals surface area contributed by atoms with E-state index in [1.165, 1.54) is 0 Å². The molecule has 0 heterocycles. The second-order valence-corrected chi connectivity index (χ2v) is 3.86. The van der Waals surface area contributed by atoms with Gasteiger partial charge in [0.05, 0.1) is 0 Å². The molecule has 0 saturated carbocycles. The number of rotatable bonds is 5. The van der Waals surface area contributed by atoms with E-state index in [1.54, 1.807) is 0 Å². The summed E-state index contributed by atoms with van der Waals surface area (Å²) in [5.74, 6) is -0.0877. The number of halogens is 2. The Hall–Kier alpha value is 0.556. The monoisotopic (exact) mass is 272 g/mol. The summed E-state index contributed by atoms with van der Waals surface area (Å²) in [5, 5.41) is 8.41. The molecule has 0 aliphatic heterocycles. The number of hydrogen-bond acceptors (Lipinski definition) is 1. The zero-order valence-corrected chi connectivity index (χ0v) is 10.1. The molecule has 82 valence electrons. The third kappa shape index (κ3) is 24.5. The number of hydrogen-bond donors (Lipinski definition) is 1. The fourth-order valence-corrected chi connectivity index (χ4v) is 1.08. The maximum absolute atomic E-state index is 9.00. The Labute approximate surface area is 97.6 Å².